The van der Waals surface area contributed by atoms with Crippen LogP contribution in [0.25, 0.3) is 0 Å². The van der Waals surface area contributed by atoms with Gasteiger partial charge in [0, 0.05) is 17.3 Å². The molecule has 1 amide bonds. The van der Waals surface area contributed by atoms with Gasteiger partial charge in [0.05, 0.1) is 10.9 Å². The van der Waals surface area contributed by atoms with E-state index in [0.29, 0.717) is 12.0 Å². The summed E-state index contributed by atoms with van der Waals surface area (Å²) in [5, 5.41) is 0. The maximum absolute atomic E-state index is 13.5. The van der Waals surface area contributed by atoms with Gasteiger partial charge in [0.1, 0.15) is 0 Å². The first-order valence-electron chi connectivity index (χ1n) is 11.6. The van der Waals surface area contributed by atoms with Crippen molar-refractivity contribution in [2.45, 2.75) is 30.3 Å². The average molecular weight is 483 g/mol. The number of nitrogens with zero attached hydrogens (tertiary/aromatic N) is 1. The average Bonchev–Trinajstić information content (AvgIpc) is 3.23. The van der Waals surface area contributed by atoms with E-state index in [1.807, 2.05) is 85.8 Å². The summed E-state index contributed by atoms with van der Waals surface area (Å²) in [6.45, 7) is 1.98. The zero-order valence-corrected chi connectivity index (χ0v) is 20.2. The molecule has 0 saturated heterocycles. The molecule has 5 rings (SSSR count). The van der Waals surface area contributed by atoms with Crippen LogP contribution in [0.3, 0.4) is 0 Å². The molecule has 0 spiro atoms. The van der Waals surface area contributed by atoms with E-state index in [-0.39, 0.29) is 16.8 Å². The van der Waals surface area contributed by atoms with Gasteiger partial charge in [-0.1, -0.05) is 78.9 Å². The van der Waals surface area contributed by atoms with Crippen LogP contribution in [0, 0.1) is 0 Å². The number of hydrogen-bond acceptors (Lipinski definition) is 3. The number of fused-ring (bicyclic) bond motifs is 1. The van der Waals surface area contributed by atoms with Crippen LogP contribution in [0.2, 0.25) is 0 Å². The summed E-state index contributed by atoms with van der Waals surface area (Å²) in [6, 6.07) is 32.6. The molecule has 0 aliphatic carbocycles. The molecule has 0 radical (unpaired) electrons. The fraction of sp³-hybridized carbons (Fsp3) is 0.138. The third kappa shape index (κ3) is 4.63. The predicted octanol–water partition coefficient (Wildman–Crippen LogP) is 5.35. The van der Waals surface area contributed by atoms with Crippen LogP contribution in [-0.2, 0) is 16.4 Å². The van der Waals surface area contributed by atoms with Gasteiger partial charge in [-0.3, -0.25) is 4.79 Å². The number of carbonyl (C=O) groups is 1. The first-order chi connectivity index (χ1) is 16.9. The van der Waals surface area contributed by atoms with E-state index in [1.54, 1.807) is 35.2 Å². The van der Waals surface area contributed by atoms with E-state index in [4.69, 9.17) is 0 Å². The molecular weight excluding hydrogens is 456 g/mol. The monoisotopic (exact) mass is 482 g/mol. The molecule has 4 aromatic carbocycles. The molecule has 0 bridgehead atoms. The SMILES string of the molecule is C[C@@H]1Cc2cc(S(=O)(=O)NC(c3ccccc3)c3ccccc3)ccc2N1C(=O)c1ccccc1. The maximum atomic E-state index is 13.5. The van der Waals surface area contributed by atoms with Crippen LogP contribution in [0.1, 0.15) is 40.0 Å². The summed E-state index contributed by atoms with van der Waals surface area (Å²) in [5.41, 5.74) is 3.93. The number of amides is 1. The Kier molecular flexibility index (Phi) is 6.24. The molecule has 1 heterocycles. The lowest BCUT2D eigenvalue weighted by Gasteiger charge is -2.23. The normalized spacial score (nSPS) is 15.3. The molecule has 1 aliphatic rings. The van der Waals surface area contributed by atoms with E-state index in [1.165, 1.54) is 0 Å². The lowest BCUT2D eigenvalue weighted by atomic mass is 10.00. The molecule has 0 fully saturated rings. The van der Waals surface area contributed by atoms with Crippen LogP contribution in [0.5, 0.6) is 0 Å². The molecule has 5 nitrogen and oxygen atoms in total. The maximum Gasteiger partial charge on any atom is 0.258 e. The van der Waals surface area contributed by atoms with Crippen molar-refractivity contribution in [3.05, 3.63) is 131 Å². The number of rotatable bonds is 6. The van der Waals surface area contributed by atoms with Crippen molar-refractivity contribution in [2.24, 2.45) is 0 Å². The molecule has 1 N–H and O–H groups in total. The van der Waals surface area contributed by atoms with Gasteiger partial charge in [-0.15, -0.1) is 0 Å². The Bertz CT molecular complexity index is 1400. The quantitative estimate of drug-likeness (QED) is 0.403. The van der Waals surface area contributed by atoms with Gasteiger partial charge in [0.25, 0.3) is 5.91 Å². The van der Waals surface area contributed by atoms with Gasteiger partial charge >= 0.3 is 0 Å². The minimum Gasteiger partial charge on any atom is -0.305 e. The summed E-state index contributed by atoms with van der Waals surface area (Å²) in [5.74, 6) is -0.0844. The molecule has 1 aliphatic heterocycles. The Morgan fingerprint density at radius 2 is 1.37 bits per heavy atom. The summed E-state index contributed by atoms with van der Waals surface area (Å²) in [4.78, 5) is 15.1. The highest BCUT2D eigenvalue weighted by Crippen LogP contribution is 2.35. The first kappa shape index (κ1) is 23.0. The summed E-state index contributed by atoms with van der Waals surface area (Å²) in [6.07, 6.45) is 0.595. The minimum atomic E-state index is -3.84. The smallest absolute Gasteiger partial charge is 0.258 e. The molecule has 4 aromatic rings. The summed E-state index contributed by atoms with van der Waals surface area (Å²) in [7, 11) is -3.84. The van der Waals surface area contributed by atoms with Crippen molar-refractivity contribution in [3.8, 4) is 0 Å². The molecule has 6 heteroatoms. The number of anilines is 1. The van der Waals surface area contributed by atoms with E-state index in [0.717, 1.165) is 22.4 Å². The van der Waals surface area contributed by atoms with E-state index < -0.39 is 16.1 Å². The Balaban J connectivity index is 1.46. The second-order valence-electron chi connectivity index (χ2n) is 8.76. The second-order valence-corrected chi connectivity index (χ2v) is 10.5. The topological polar surface area (TPSA) is 66.5 Å². The lowest BCUT2D eigenvalue weighted by Crippen LogP contribution is -2.35. The molecular formula is C29H26N2O3S. The Labute approximate surface area is 206 Å². The van der Waals surface area contributed by atoms with Crippen molar-refractivity contribution in [1.82, 2.24) is 4.72 Å². The van der Waals surface area contributed by atoms with Gasteiger partial charge < -0.3 is 4.90 Å². The van der Waals surface area contributed by atoms with Crippen molar-refractivity contribution in [3.63, 3.8) is 0 Å². The number of hydrogen-bond donors (Lipinski definition) is 1. The molecule has 0 aromatic heterocycles. The van der Waals surface area contributed by atoms with E-state index in [9.17, 15) is 13.2 Å². The Hall–Kier alpha value is -3.74. The van der Waals surface area contributed by atoms with Gasteiger partial charge in [0.15, 0.2) is 0 Å². The molecule has 176 valence electrons. The number of nitrogens with one attached hydrogen (secondary N) is 1. The molecule has 0 unspecified atom stereocenters. The van der Waals surface area contributed by atoms with Gasteiger partial charge in [-0.05, 0) is 60.4 Å². The fourth-order valence-electron chi connectivity index (χ4n) is 4.65. The standard InChI is InChI=1S/C29H26N2O3S/c1-21-19-25-20-26(17-18-27(25)31(21)29(32)24-15-9-4-10-16-24)35(33,34)30-28(22-11-5-2-6-12-22)23-13-7-3-8-14-23/h2-18,20-21,28,30H,19H2,1H3/t21-/m1/s1. The Morgan fingerprint density at radius 1 is 0.829 bits per heavy atom. The van der Waals surface area contributed by atoms with Crippen LogP contribution in [0.15, 0.2) is 114 Å². The van der Waals surface area contributed by atoms with Crippen LogP contribution >= 0.6 is 0 Å². The van der Waals surface area contributed by atoms with Crippen molar-refractivity contribution < 1.29 is 13.2 Å². The van der Waals surface area contributed by atoms with Crippen LogP contribution < -0.4 is 9.62 Å². The number of carbonyl (C=O) groups excluding carboxylic acids is 1. The number of benzene rings is 4. The largest absolute Gasteiger partial charge is 0.305 e. The minimum absolute atomic E-state index is 0.0648. The summed E-state index contributed by atoms with van der Waals surface area (Å²) < 4.78 is 29.9. The highest BCUT2D eigenvalue weighted by atomic mass is 32.2. The fourth-order valence-corrected chi connectivity index (χ4v) is 5.91. The van der Waals surface area contributed by atoms with Gasteiger partial charge in [0.2, 0.25) is 10.0 Å². The van der Waals surface area contributed by atoms with E-state index in [2.05, 4.69) is 4.72 Å². The van der Waals surface area contributed by atoms with E-state index >= 15 is 0 Å². The lowest BCUT2D eigenvalue weighted by molar-refractivity contribution is 0.0981. The highest BCUT2D eigenvalue weighted by molar-refractivity contribution is 7.89. The van der Waals surface area contributed by atoms with Crippen molar-refractivity contribution in [2.75, 3.05) is 4.90 Å². The molecule has 1 atom stereocenters. The van der Waals surface area contributed by atoms with Crippen LogP contribution in [0.4, 0.5) is 5.69 Å². The summed E-state index contributed by atoms with van der Waals surface area (Å²) >= 11 is 0. The second kappa shape index (κ2) is 9.49. The number of sulfonamides is 1. The molecule has 0 saturated carbocycles. The highest BCUT2D eigenvalue weighted by Gasteiger charge is 2.33. The van der Waals surface area contributed by atoms with Crippen LogP contribution in [-0.4, -0.2) is 20.4 Å². The third-order valence-electron chi connectivity index (χ3n) is 6.36. The van der Waals surface area contributed by atoms with Crippen molar-refractivity contribution >= 4 is 21.6 Å². The predicted molar refractivity (Wildman–Crippen MR) is 138 cm³/mol. The molecule has 35 heavy (non-hydrogen) atoms. The zero-order valence-electron chi connectivity index (χ0n) is 19.3. The zero-order chi connectivity index (χ0) is 24.4. The Morgan fingerprint density at radius 3 is 1.94 bits per heavy atom. The third-order valence-corrected chi connectivity index (χ3v) is 7.78. The van der Waals surface area contributed by atoms with Gasteiger partial charge in [-0.2, -0.15) is 4.72 Å². The van der Waals surface area contributed by atoms with Gasteiger partial charge in [-0.25, -0.2) is 8.42 Å². The van der Waals surface area contributed by atoms with Crippen molar-refractivity contribution in [1.29, 1.82) is 0 Å². The first-order valence-corrected chi connectivity index (χ1v) is 13.1.